The summed E-state index contributed by atoms with van der Waals surface area (Å²) < 4.78 is 16.0. The van der Waals surface area contributed by atoms with Gasteiger partial charge in [-0.15, -0.1) is 11.6 Å². The van der Waals surface area contributed by atoms with E-state index in [0.717, 1.165) is 10.9 Å². The van der Waals surface area contributed by atoms with Gasteiger partial charge in [-0.2, -0.15) is 4.98 Å². The van der Waals surface area contributed by atoms with Gasteiger partial charge in [-0.3, -0.25) is 9.69 Å². The molecule has 156 valence electrons. The maximum absolute atomic E-state index is 12.4. The zero-order valence-corrected chi connectivity index (χ0v) is 17.0. The van der Waals surface area contributed by atoms with E-state index in [1.807, 2.05) is 24.3 Å². The summed E-state index contributed by atoms with van der Waals surface area (Å²) in [6.45, 7) is 0. The van der Waals surface area contributed by atoms with Crippen LogP contribution in [0.4, 0.5) is 17.5 Å². The normalized spacial score (nSPS) is 18.1. The highest BCUT2D eigenvalue weighted by atomic mass is 35.5. The Balaban J connectivity index is 1.41. The van der Waals surface area contributed by atoms with E-state index >= 15 is 0 Å². The van der Waals surface area contributed by atoms with Crippen LogP contribution in [0.2, 0.25) is 0 Å². The highest BCUT2D eigenvalue weighted by Crippen LogP contribution is 2.42. The molecule has 2 aromatic carbocycles. The first-order chi connectivity index (χ1) is 15.0. The lowest BCUT2D eigenvalue weighted by Crippen LogP contribution is -2.56. The quantitative estimate of drug-likeness (QED) is 0.283. The van der Waals surface area contributed by atoms with Gasteiger partial charge in [-0.1, -0.05) is 30.3 Å². The fourth-order valence-electron chi connectivity index (χ4n) is 3.51. The summed E-state index contributed by atoms with van der Waals surface area (Å²) in [5.74, 6) is 0.641. The van der Waals surface area contributed by atoms with Crippen molar-refractivity contribution in [3.05, 3.63) is 76.8 Å². The van der Waals surface area contributed by atoms with E-state index in [4.69, 9.17) is 25.2 Å². The van der Waals surface area contributed by atoms with Crippen molar-refractivity contribution in [3.8, 4) is 5.75 Å². The molecule has 1 N–H and O–H groups in total. The molecule has 0 saturated carbocycles. The molecule has 1 saturated heterocycles. The Labute approximate surface area is 181 Å². The van der Waals surface area contributed by atoms with Crippen LogP contribution in [0, 0.1) is 0 Å². The molecule has 1 aliphatic heterocycles. The van der Waals surface area contributed by atoms with Gasteiger partial charge >= 0.3 is 11.6 Å². The van der Waals surface area contributed by atoms with Crippen molar-refractivity contribution < 1.29 is 18.4 Å². The second kappa shape index (κ2) is 7.48. The van der Waals surface area contributed by atoms with Gasteiger partial charge < -0.3 is 18.9 Å². The molecule has 3 heterocycles. The predicted octanol–water partition coefficient (Wildman–Crippen LogP) is 4.23. The zero-order chi connectivity index (χ0) is 21.5. The summed E-state index contributed by atoms with van der Waals surface area (Å²) in [5, 5.41) is 2.91. The fraction of sp³-hybridized carbons (Fsp3) is 0.136. The van der Waals surface area contributed by atoms with Crippen LogP contribution < -0.4 is 20.6 Å². The molecule has 1 fully saturated rings. The van der Waals surface area contributed by atoms with Gasteiger partial charge in [0.15, 0.2) is 5.82 Å². The zero-order valence-electron chi connectivity index (χ0n) is 16.2. The van der Waals surface area contributed by atoms with E-state index in [-0.39, 0.29) is 23.4 Å². The van der Waals surface area contributed by atoms with Gasteiger partial charge in [-0.05, 0) is 29.8 Å². The van der Waals surface area contributed by atoms with Gasteiger partial charge in [0.2, 0.25) is 0 Å². The molecule has 8 nitrogen and oxygen atoms in total. The largest absolute Gasteiger partial charge is 0.497 e. The van der Waals surface area contributed by atoms with E-state index in [9.17, 15) is 9.59 Å². The summed E-state index contributed by atoms with van der Waals surface area (Å²) in [7, 11) is 1.58. The molecule has 0 spiro atoms. The second-order valence-corrected chi connectivity index (χ2v) is 7.42. The van der Waals surface area contributed by atoms with Crippen molar-refractivity contribution in [1.82, 2.24) is 4.98 Å². The predicted molar refractivity (Wildman–Crippen MR) is 115 cm³/mol. The molecular formula is C22H16ClN3O5. The second-order valence-electron chi connectivity index (χ2n) is 6.95. The summed E-state index contributed by atoms with van der Waals surface area (Å²) in [6, 6.07) is 15.7. The average molecular weight is 438 g/mol. The molecular weight excluding hydrogens is 422 g/mol. The summed E-state index contributed by atoms with van der Waals surface area (Å²) in [4.78, 5) is 30.4. The van der Waals surface area contributed by atoms with E-state index < -0.39 is 17.0 Å². The first-order valence-electron chi connectivity index (χ1n) is 9.41. The number of fused-ring (bicyclic) bond motifs is 1. The smallest absolute Gasteiger partial charge is 0.360 e. The Hall–Kier alpha value is -3.78. The number of alkyl halides is 1. The van der Waals surface area contributed by atoms with Crippen LogP contribution in [0.25, 0.3) is 11.0 Å². The van der Waals surface area contributed by atoms with Gasteiger partial charge in [0, 0.05) is 5.39 Å². The average Bonchev–Trinajstić information content (AvgIpc) is 3.24. The van der Waals surface area contributed by atoms with E-state index in [1.54, 1.807) is 37.4 Å². The number of oxazole rings is 1. The first-order valence-corrected chi connectivity index (χ1v) is 9.85. The van der Waals surface area contributed by atoms with Crippen molar-refractivity contribution in [2.45, 2.75) is 11.4 Å². The summed E-state index contributed by atoms with van der Waals surface area (Å²) in [6.07, 6.45) is 1.32. The molecule has 0 aliphatic carbocycles. The summed E-state index contributed by atoms with van der Waals surface area (Å²) >= 11 is 6.27. The van der Waals surface area contributed by atoms with E-state index in [1.165, 1.54) is 11.2 Å². The minimum atomic E-state index is -0.732. The third-order valence-corrected chi connectivity index (χ3v) is 5.51. The number of rotatable bonds is 5. The number of benzene rings is 2. The van der Waals surface area contributed by atoms with Gasteiger partial charge in [0.1, 0.15) is 28.7 Å². The Morgan fingerprint density at radius 3 is 2.68 bits per heavy atom. The van der Waals surface area contributed by atoms with Crippen LogP contribution in [0.3, 0.4) is 0 Å². The number of hydrogen-bond donors (Lipinski definition) is 1. The highest BCUT2D eigenvalue weighted by molar-refractivity contribution is 6.37. The van der Waals surface area contributed by atoms with Crippen LogP contribution in [0.15, 0.2) is 74.5 Å². The molecule has 2 unspecified atom stereocenters. The molecule has 2 aromatic heterocycles. The molecule has 31 heavy (non-hydrogen) atoms. The van der Waals surface area contributed by atoms with Crippen molar-refractivity contribution in [2.75, 3.05) is 17.3 Å². The van der Waals surface area contributed by atoms with E-state index in [0.29, 0.717) is 11.3 Å². The monoisotopic (exact) mass is 437 g/mol. The number of amides is 1. The van der Waals surface area contributed by atoms with Gasteiger partial charge in [-0.25, -0.2) is 4.79 Å². The molecule has 1 aliphatic rings. The number of β-lactam (4-membered cyclic amide) rings is 1. The topological polar surface area (TPSA) is 97.8 Å². The highest BCUT2D eigenvalue weighted by Gasteiger charge is 2.50. The maximum atomic E-state index is 12.4. The third-order valence-electron chi connectivity index (χ3n) is 5.09. The Morgan fingerprint density at radius 1 is 1.13 bits per heavy atom. The number of nitrogens with one attached hydrogen (secondary N) is 1. The lowest BCUT2D eigenvalue weighted by molar-refractivity contribution is -0.124. The van der Waals surface area contributed by atoms with Crippen LogP contribution >= 0.6 is 11.6 Å². The van der Waals surface area contributed by atoms with Crippen molar-refractivity contribution >= 4 is 46.0 Å². The Kier molecular flexibility index (Phi) is 4.63. The van der Waals surface area contributed by atoms with E-state index in [2.05, 4.69) is 10.3 Å². The lowest BCUT2D eigenvalue weighted by atomic mass is 9.94. The fourth-order valence-corrected chi connectivity index (χ4v) is 3.87. The van der Waals surface area contributed by atoms with Gasteiger partial charge in [0.05, 0.1) is 13.2 Å². The van der Waals surface area contributed by atoms with Crippen LogP contribution in [0.5, 0.6) is 5.75 Å². The standard InChI is InChI=1S/C22H16ClN3O5/c1-29-14-8-6-12(7-9-14)19-18(23)20(27)26(19)22-25-17(11-30-22)24-15-10-13-4-2-3-5-16(13)31-21(15)28/h2-11,18-19,24H,1H3. The molecule has 1 amide bonds. The van der Waals surface area contributed by atoms with Crippen LogP contribution in [-0.2, 0) is 4.79 Å². The number of carbonyl (C=O) groups excluding carboxylic acids is 1. The number of hydrogen-bond acceptors (Lipinski definition) is 7. The van der Waals surface area contributed by atoms with Gasteiger partial charge in [0.25, 0.3) is 5.91 Å². The number of methoxy groups -OCH3 is 1. The molecule has 2 atom stereocenters. The molecule has 4 aromatic rings. The molecule has 0 radical (unpaired) electrons. The van der Waals surface area contributed by atoms with Crippen molar-refractivity contribution in [3.63, 3.8) is 0 Å². The number of nitrogens with zero attached hydrogens (tertiary/aromatic N) is 2. The SMILES string of the molecule is COc1ccc(C2C(Cl)C(=O)N2c2nc(Nc3cc4ccccc4oc3=O)co2)cc1. The molecule has 9 heteroatoms. The number of halogens is 1. The molecule has 5 rings (SSSR count). The molecule has 0 bridgehead atoms. The third kappa shape index (κ3) is 3.30. The number of carbonyl (C=O) groups is 1. The minimum absolute atomic E-state index is 0.0791. The number of ether oxygens (including phenoxy) is 1. The number of aromatic nitrogens is 1. The Morgan fingerprint density at radius 2 is 1.90 bits per heavy atom. The maximum Gasteiger partial charge on any atom is 0.360 e. The lowest BCUT2D eigenvalue weighted by Gasteiger charge is -2.41. The van der Waals surface area contributed by atoms with Crippen LogP contribution in [-0.4, -0.2) is 23.4 Å². The minimum Gasteiger partial charge on any atom is -0.497 e. The van der Waals surface area contributed by atoms with Crippen molar-refractivity contribution in [1.29, 1.82) is 0 Å². The van der Waals surface area contributed by atoms with Crippen molar-refractivity contribution in [2.24, 2.45) is 0 Å². The summed E-state index contributed by atoms with van der Waals surface area (Å²) in [5.41, 5.74) is 0.972. The number of para-hydroxylation sites is 1. The Bertz CT molecular complexity index is 1330. The van der Waals surface area contributed by atoms with Crippen LogP contribution in [0.1, 0.15) is 11.6 Å². The first kappa shape index (κ1) is 19.2. The number of anilines is 3.